The van der Waals surface area contributed by atoms with Gasteiger partial charge in [0.05, 0.1) is 24.0 Å². The van der Waals surface area contributed by atoms with E-state index < -0.39 is 0 Å². The largest absolute Gasteiger partial charge is 0.487 e. The van der Waals surface area contributed by atoms with Gasteiger partial charge in [0.1, 0.15) is 18.2 Å². The SMILES string of the molecule is N/C(=N\N(N)Cc1ccc(OCc2ccccc2)cn1)c1cccnc1N. The zero-order chi connectivity index (χ0) is 19.1. The van der Waals surface area contributed by atoms with Crippen LogP contribution in [0.1, 0.15) is 16.8 Å². The molecule has 2 aromatic heterocycles. The minimum absolute atomic E-state index is 0.186. The number of hydrogen-bond donors (Lipinski definition) is 3. The summed E-state index contributed by atoms with van der Waals surface area (Å²) in [7, 11) is 0. The fourth-order valence-corrected chi connectivity index (χ4v) is 2.36. The average molecular weight is 363 g/mol. The highest BCUT2D eigenvalue weighted by molar-refractivity contribution is 6.00. The van der Waals surface area contributed by atoms with E-state index in [2.05, 4.69) is 15.1 Å². The van der Waals surface area contributed by atoms with E-state index in [0.29, 0.717) is 23.7 Å². The standard InChI is InChI=1S/C19H21N7O/c20-18-17(7-4-10-23-18)19(21)25-26(22)12-15-8-9-16(11-24-15)27-13-14-5-2-1-3-6-14/h1-11H,12-13,22H2,(H2,20,23)(H2,21,25). The Kier molecular flexibility index (Phi) is 5.80. The lowest BCUT2D eigenvalue weighted by molar-refractivity contribution is 0.284. The normalized spacial score (nSPS) is 11.2. The molecule has 3 rings (SSSR count). The predicted molar refractivity (Wildman–Crippen MR) is 104 cm³/mol. The molecule has 0 aliphatic rings. The van der Waals surface area contributed by atoms with Crippen molar-refractivity contribution in [2.45, 2.75) is 13.2 Å². The highest BCUT2D eigenvalue weighted by Crippen LogP contribution is 2.13. The summed E-state index contributed by atoms with van der Waals surface area (Å²) in [6, 6.07) is 17.0. The molecule has 0 aliphatic carbocycles. The quantitative estimate of drug-likeness (QED) is 0.252. The highest BCUT2D eigenvalue weighted by Gasteiger charge is 2.07. The van der Waals surface area contributed by atoms with Crippen LogP contribution in [-0.4, -0.2) is 20.9 Å². The lowest BCUT2D eigenvalue weighted by Gasteiger charge is -2.14. The van der Waals surface area contributed by atoms with Gasteiger partial charge in [-0.1, -0.05) is 30.3 Å². The van der Waals surface area contributed by atoms with E-state index in [4.69, 9.17) is 22.0 Å². The molecule has 8 nitrogen and oxygen atoms in total. The Labute approximate surface area is 157 Å². The molecule has 27 heavy (non-hydrogen) atoms. The van der Waals surface area contributed by atoms with Crippen molar-refractivity contribution in [2.75, 3.05) is 5.73 Å². The van der Waals surface area contributed by atoms with Crippen molar-refractivity contribution in [3.8, 4) is 5.75 Å². The Balaban J connectivity index is 1.57. The number of nitrogen functional groups attached to an aromatic ring is 1. The van der Waals surface area contributed by atoms with Crippen LogP contribution in [0.3, 0.4) is 0 Å². The molecule has 0 amide bonds. The van der Waals surface area contributed by atoms with Gasteiger partial charge in [0.15, 0.2) is 5.84 Å². The van der Waals surface area contributed by atoms with Crippen LogP contribution in [0.15, 0.2) is 72.1 Å². The van der Waals surface area contributed by atoms with E-state index in [1.54, 1.807) is 24.5 Å². The summed E-state index contributed by atoms with van der Waals surface area (Å²) >= 11 is 0. The Hall–Kier alpha value is -3.65. The number of benzene rings is 1. The zero-order valence-corrected chi connectivity index (χ0v) is 14.7. The summed E-state index contributed by atoms with van der Waals surface area (Å²) in [5.74, 6) is 7.06. The highest BCUT2D eigenvalue weighted by atomic mass is 16.5. The van der Waals surface area contributed by atoms with E-state index in [1.165, 1.54) is 5.12 Å². The van der Waals surface area contributed by atoms with Crippen LogP contribution in [0.5, 0.6) is 5.75 Å². The number of ether oxygens (including phenoxy) is 1. The van der Waals surface area contributed by atoms with Crippen molar-refractivity contribution >= 4 is 11.7 Å². The molecule has 8 heteroatoms. The van der Waals surface area contributed by atoms with Crippen LogP contribution < -0.4 is 22.0 Å². The summed E-state index contributed by atoms with van der Waals surface area (Å²) in [4.78, 5) is 8.31. The summed E-state index contributed by atoms with van der Waals surface area (Å²) in [6.07, 6.45) is 3.23. The van der Waals surface area contributed by atoms with E-state index in [1.807, 2.05) is 42.5 Å². The maximum Gasteiger partial charge on any atom is 0.156 e. The lowest BCUT2D eigenvalue weighted by Crippen LogP contribution is -2.29. The van der Waals surface area contributed by atoms with Crippen molar-refractivity contribution in [2.24, 2.45) is 16.7 Å². The van der Waals surface area contributed by atoms with Crippen molar-refractivity contribution in [3.63, 3.8) is 0 Å². The van der Waals surface area contributed by atoms with Gasteiger partial charge in [0.25, 0.3) is 0 Å². The fraction of sp³-hybridized carbons (Fsp3) is 0.105. The van der Waals surface area contributed by atoms with Gasteiger partial charge in [-0.3, -0.25) is 4.98 Å². The molecule has 0 saturated heterocycles. The third-order valence-electron chi connectivity index (χ3n) is 3.72. The van der Waals surface area contributed by atoms with E-state index in [9.17, 15) is 0 Å². The molecule has 0 spiro atoms. The maximum absolute atomic E-state index is 5.94. The molecule has 0 fully saturated rings. The molecule has 2 heterocycles. The molecule has 0 bridgehead atoms. The number of aromatic nitrogens is 2. The second-order valence-corrected chi connectivity index (χ2v) is 5.78. The summed E-state index contributed by atoms with van der Waals surface area (Å²) in [5.41, 5.74) is 14.1. The van der Waals surface area contributed by atoms with Crippen LogP contribution in [0.4, 0.5) is 5.82 Å². The molecule has 138 valence electrons. The minimum Gasteiger partial charge on any atom is -0.487 e. The summed E-state index contributed by atoms with van der Waals surface area (Å²) in [6.45, 7) is 0.762. The Morgan fingerprint density at radius 1 is 1.04 bits per heavy atom. The van der Waals surface area contributed by atoms with Crippen molar-refractivity contribution < 1.29 is 4.74 Å². The number of nitrogens with zero attached hydrogens (tertiary/aromatic N) is 4. The van der Waals surface area contributed by atoms with Crippen LogP contribution in [-0.2, 0) is 13.2 Å². The Bertz CT molecular complexity index is 897. The van der Waals surface area contributed by atoms with Gasteiger partial charge < -0.3 is 16.2 Å². The number of hydrazone groups is 1. The number of hydrogen-bond acceptors (Lipinski definition) is 7. The number of amidine groups is 1. The predicted octanol–water partition coefficient (Wildman–Crippen LogP) is 1.63. The summed E-state index contributed by atoms with van der Waals surface area (Å²) < 4.78 is 5.71. The van der Waals surface area contributed by atoms with Crippen LogP contribution in [0, 0.1) is 0 Å². The molecule has 3 aromatic rings. The number of nitrogens with two attached hydrogens (primary N) is 3. The monoisotopic (exact) mass is 363 g/mol. The molecule has 0 atom stereocenters. The van der Waals surface area contributed by atoms with Crippen LogP contribution in [0.25, 0.3) is 0 Å². The van der Waals surface area contributed by atoms with Gasteiger partial charge in [-0.15, -0.1) is 5.10 Å². The number of anilines is 1. The van der Waals surface area contributed by atoms with Crippen molar-refractivity contribution in [1.29, 1.82) is 0 Å². The Morgan fingerprint density at radius 2 is 1.85 bits per heavy atom. The van der Waals surface area contributed by atoms with E-state index in [-0.39, 0.29) is 12.4 Å². The van der Waals surface area contributed by atoms with E-state index >= 15 is 0 Å². The van der Waals surface area contributed by atoms with Gasteiger partial charge in [-0.25, -0.2) is 15.9 Å². The Morgan fingerprint density at radius 3 is 2.56 bits per heavy atom. The first kappa shape index (κ1) is 18.2. The van der Waals surface area contributed by atoms with Gasteiger partial charge in [0, 0.05) is 6.20 Å². The second-order valence-electron chi connectivity index (χ2n) is 5.78. The van der Waals surface area contributed by atoms with Crippen LogP contribution >= 0.6 is 0 Å². The maximum atomic E-state index is 5.94. The molecule has 0 saturated carbocycles. The van der Waals surface area contributed by atoms with Gasteiger partial charge in [0.2, 0.25) is 0 Å². The number of rotatable bonds is 7. The minimum atomic E-state index is 0.186. The average Bonchev–Trinajstić information content (AvgIpc) is 2.68. The first-order chi connectivity index (χ1) is 13.1. The molecule has 6 N–H and O–H groups in total. The molecule has 0 unspecified atom stereocenters. The summed E-state index contributed by atoms with van der Waals surface area (Å²) in [5, 5.41) is 5.32. The smallest absolute Gasteiger partial charge is 0.156 e. The van der Waals surface area contributed by atoms with Gasteiger partial charge in [-0.05, 0) is 29.8 Å². The first-order valence-corrected chi connectivity index (χ1v) is 8.30. The molecule has 0 aliphatic heterocycles. The van der Waals surface area contributed by atoms with Gasteiger partial charge in [-0.2, -0.15) is 0 Å². The third kappa shape index (κ3) is 5.16. The van der Waals surface area contributed by atoms with Crippen molar-refractivity contribution in [3.05, 3.63) is 83.8 Å². The molecular weight excluding hydrogens is 342 g/mol. The van der Waals surface area contributed by atoms with E-state index in [0.717, 1.165) is 11.3 Å². The van der Waals surface area contributed by atoms with Gasteiger partial charge >= 0.3 is 0 Å². The second kappa shape index (κ2) is 8.63. The zero-order valence-electron chi connectivity index (χ0n) is 14.7. The third-order valence-corrected chi connectivity index (χ3v) is 3.72. The van der Waals surface area contributed by atoms with Crippen LogP contribution in [0.2, 0.25) is 0 Å². The molecule has 0 radical (unpaired) electrons. The lowest BCUT2D eigenvalue weighted by atomic mass is 10.2. The number of pyridine rings is 2. The molecular formula is C19H21N7O. The fourth-order valence-electron chi connectivity index (χ4n) is 2.36. The molecule has 1 aromatic carbocycles. The number of hydrazine groups is 1. The topological polar surface area (TPSA) is 129 Å². The first-order valence-electron chi connectivity index (χ1n) is 8.30. The van der Waals surface area contributed by atoms with Crippen molar-refractivity contribution in [1.82, 2.24) is 15.1 Å².